The van der Waals surface area contributed by atoms with Gasteiger partial charge in [0.1, 0.15) is 0 Å². The number of piperidine rings is 1. The Morgan fingerprint density at radius 1 is 1.61 bits per heavy atom. The van der Waals surface area contributed by atoms with Gasteiger partial charge in [-0.15, -0.1) is 12.4 Å². The van der Waals surface area contributed by atoms with E-state index in [-0.39, 0.29) is 30.4 Å². The van der Waals surface area contributed by atoms with Crippen molar-refractivity contribution in [3.05, 3.63) is 18.0 Å². The van der Waals surface area contributed by atoms with Crippen LogP contribution in [-0.2, 0) is 11.8 Å². The molecule has 1 aliphatic heterocycles. The molecule has 0 aliphatic carbocycles. The highest BCUT2D eigenvalue weighted by Gasteiger charge is 2.22. The summed E-state index contributed by atoms with van der Waals surface area (Å²) in [6.07, 6.45) is 6.96. The highest BCUT2D eigenvalue weighted by Crippen LogP contribution is 2.12. The maximum absolute atomic E-state index is 12.0. The molecular formula is C12H21ClN4O. The summed E-state index contributed by atoms with van der Waals surface area (Å²) in [4.78, 5) is 12.0. The third-order valence-corrected chi connectivity index (χ3v) is 3.21. The van der Waals surface area contributed by atoms with E-state index in [1.807, 2.05) is 20.2 Å². The number of halogens is 1. The largest absolute Gasteiger partial charge is 0.348 e. The van der Waals surface area contributed by atoms with Gasteiger partial charge in [-0.2, -0.15) is 5.10 Å². The van der Waals surface area contributed by atoms with Crippen LogP contribution in [0.1, 0.15) is 37.8 Å². The Morgan fingerprint density at radius 2 is 2.39 bits per heavy atom. The van der Waals surface area contributed by atoms with E-state index in [0.717, 1.165) is 24.9 Å². The van der Waals surface area contributed by atoms with Gasteiger partial charge in [-0.1, -0.05) is 6.42 Å². The van der Waals surface area contributed by atoms with Gasteiger partial charge in [-0.25, -0.2) is 0 Å². The standard InChI is InChI=1S/C12H20N4O.ClH/c1-9(10-7-14-16(2)8-10)15-12(17)11-5-3-4-6-13-11;/h7-9,11,13H,3-6H2,1-2H3,(H,15,17);1H/t9?,11-;/m0./s1. The zero-order chi connectivity index (χ0) is 12.3. The average Bonchev–Trinajstić information content (AvgIpc) is 2.77. The van der Waals surface area contributed by atoms with Gasteiger partial charge in [0.15, 0.2) is 0 Å². The average molecular weight is 273 g/mol. The summed E-state index contributed by atoms with van der Waals surface area (Å²) in [6.45, 7) is 2.93. The number of rotatable bonds is 3. The van der Waals surface area contributed by atoms with Gasteiger partial charge < -0.3 is 10.6 Å². The number of aryl methyl sites for hydroxylation is 1. The molecule has 1 aromatic rings. The Bertz CT molecular complexity index is 387. The predicted molar refractivity (Wildman–Crippen MR) is 72.7 cm³/mol. The second kappa shape index (κ2) is 6.75. The van der Waals surface area contributed by atoms with Gasteiger partial charge >= 0.3 is 0 Å². The zero-order valence-corrected chi connectivity index (χ0v) is 11.7. The van der Waals surface area contributed by atoms with E-state index in [1.165, 1.54) is 6.42 Å². The molecule has 102 valence electrons. The Kier molecular flexibility index (Phi) is 5.62. The van der Waals surface area contributed by atoms with Gasteiger partial charge in [0.2, 0.25) is 5.91 Å². The molecule has 1 saturated heterocycles. The van der Waals surface area contributed by atoms with Gasteiger partial charge in [0, 0.05) is 18.8 Å². The van der Waals surface area contributed by atoms with Crippen molar-refractivity contribution in [2.24, 2.45) is 7.05 Å². The molecule has 0 spiro atoms. The van der Waals surface area contributed by atoms with Crippen molar-refractivity contribution in [3.63, 3.8) is 0 Å². The van der Waals surface area contributed by atoms with Crippen molar-refractivity contribution in [2.75, 3.05) is 6.54 Å². The molecule has 0 bridgehead atoms. The van der Waals surface area contributed by atoms with Crippen molar-refractivity contribution >= 4 is 18.3 Å². The molecule has 1 amide bonds. The normalized spacial score (nSPS) is 20.9. The van der Waals surface area contributed by atoms with Crippen LogP contribution in [0.5, 0.6) is 0 Å². The number of nitrogens with zero attached hydrogens (tertiary/aromatic N) is 2. The quantitative estimate of drug-likeness (QED) is 0.868. The SMILES string of the molecule is CC(NC(=O)[C@@H]1CCCCN1)c1cnn(C)c1.Cl. The summed E-state index contributed by atoms with van der Waals surface area (Å²) < 4.78 is 1.75. The van der Waals surface area contributed by atoms with Crippen LogP contribution in [0.2, 0.25) is 0 Å². The third kappa shape index (κ3) is 3.71. The van der Waals surface area contributed by atoms with E-state index in [0.29, 0.717) is 0 Å². The molecule has 1 fully saturated rings. The minimum absolute atomic E-state index is 0. The summed E-state index contributed by atoms with van der Waals surface area (Å²) in [5, 5.41) is 10.4. The number of carbonyl (C=O) groups is 1. The molecule has 0 saturated carbocycles. The molecule has 1 unspecified atom stereocenters. The van der Waals surface area contributed by atoms with E-state index in [4.69, 9.17) is 0 Å². The van der Waals surface area contributed by atoms with Crippen LogP contribution in [0.25, 0.3) is 0 Å². The molecule has 6 heteroatoms. The molecule has 1 aliphatic rings. The van der Waals surface area contributed by atoms with Gasteiger partial charge in [0.05, 0.1) is 18.3 Å². The van der Waals surface area contributed by atoms with Crippen molar-refractivity contribution < 1.29 is 4.79 Å². The lowest BCUT2D eigenvalue weighted by atomic mass is 10.0. The van der Waals surface area contributed by atoms with Gasteiger partial charge in [0.25, 0.3) is 0 Å². The Balaban J connectivity index is 0.00000162. The molecule has 2 N–H and O–H groups in total. The summed E-state index contributed by atoms with van der Waals surface area (Å²) in [5.74, 6) is 0.0982. The number of hydrogen-bond donors (Lipinski definition) is 2. The first kappa shape index (κ1) is 15.0. The highest BCUT2D eigenvalue weighted by atomic mass is 35.5. The molecule has 2 heterocycles. The lowest BCUT2D eigenvalue weighted by Gasteiger charge is -2.24. The molecule has 2 rings (SSSR count). The minimum atomic E-state index is -0.0251. The Morgan fingerprint density at radius 3 is 2.94 bits per heavy atom. The fourth-order valence-corrected chi connectivity index (χ4v) is 2.14. The van der Waals surface area contributed by atoms with Crippen molar-refractivity contribution in [3.8, 4) is 0 Å². The van der Waals surface area contributed by atoms with Crippen LogP contribution in [0.15, 0.2) is 12.4 Å². The number of amides is 1. The van der Waals surface area contributed by atoms with Crippen molar-refractivity contribution in [2.45, 2.75) is 38.3 Å². The Hall–Kier alpha value is -1.07. The van der Waals surface area contributed by atoms with Crippen molar-refractivity contribution in [1.82, 2.24) is 20.4 Å². The minimum Gasteiger partial charge on any atom is -0.348 e. The second-order valence-corrected chi connectivity index (χ2v) is 4.68. The van der Waals surface area contributed by atoms with E-state index in [1.54, 1.807) is 10.9 Å². The first-order chi connectivity index (χ1) is 8.16. The first-order valence-corrected chi connectivity index (χ1v) is 6.19. The van der Waals surface area contributed by atoms with E-state index in [9.17, 15) is 4.79 Å². The zero-order valence-electron chi connectivity index (χ0n) is 10.8. The molecule has 1 aromatic heterocycles. The fraction of sp³-hybridized carbons (Fsp3) is 0.667. The van der Waals surface area contributed by atoms with Gasteiger partial charge in [-0.05, 0) is 26.3 Å². The lowest BCUT2D eigenvalue weighted by molar-refractivity contribution is -0.124. The summed E-state index contributed by atoms with van der Waals surface area (Å²) in [7, 11) is 1.88. The molecule has 0 aromatic carbocycles. The summed E-state index contributed by atoms with van der Waals surface area (Å²) in [6, 6.07) is -0.0113. The second-order valence-electron chi connectivity index (χ2n) is 4.68. The van der Waals surface area contributed by atoms with E-state index < -0.39 is 0 Å². The molecule has 2 atom stereocenters. The van der Waals surface area contributed by atoms with E-state index >= 15 is 0 Å². The number of hydrogen-bond acceptors (Lipinski definition) is 3. The van der Waals surface area contributed by atoms with Crippen LogP contribution < -0.4 is 10.6 Å². The Labute approximate surface area is 114 Å². The highest BCUT2D eigenvalue weighted by molar-refractivity contribution is 5.85. The lowest BCUT2D eigenvalue weighted by Crippen LogP contribution is -2.47. The maximum atomic E-state index is 12.0. The maximum Gasteiger partial charge on any atom is 0.237 e. The summed E-state index contributed by atoms with van der Waals surface area (Å²) in [5.41, 5.74) is 1.04. The van der Waals surface area contributed by atoms with Crippen LogP contribution in [-0.4, -0.2) is 28.3 Å². The number of carbonyl (C=O) groups excluding carboxylic acids is 1. The van der Waals surface area contributed by atoms with Crippen molar-refractivity contribution in [1.29, 1.82) is 0 Å². The topological polar surface area (TPSA) is 59.0 Å². The molecule has 18 heavy (non-hydrogen) atoms. The van der Waals surface area contributed by atoms with Crippen LogP contribution >= 0.6 is 12.4 Å². The number of nitrogens with one attached hydrogen (secondary N) is 2. The fourth-order valence-electron chi connectivity index (χ4n) is 2.14. The van der Waals surface area contributed by atoms with Crippen LogP contribution in [0, 0.1) is 0 Å². The van der Waals surface area contributed by atoms with Gasteiger partial charge in [-0.3, -0.25) is 9.48 Å². The molecule has 0 radical (unpaired) electrons. The summed E-state index contributed by atoms with van der Waals surface area (Å²) >= 11 is 0. The van der Waals surface area contributed by atoms with Crippen LogP contribution in [0.3, 0.4) is 0 Å². The van der Waals surface area contributed by atoms with Crippen LogP contribution in [0.4, 0.5) is 0 Å². The molecule has 5 nitrogen and oxygen atoms in total. The smallest absolute Gasteiger partial charge is 0.237 e. The molecular weight excluding hydrogens is 252 g/mol. The predicted octanol–water partition coefficient (Wildman–Crippen LogP) is 1.16. The third-order valence-electron chi connectivity index (χ3n) is 3.21. The number of aromatic nitrogens is 2. The van der Waals surface area contributed by atoms with E-state index in [2.05, 4.69) is 15.7 Å². The first-order valence-electron chi connectivity index (χ1n) is 6.19. The monoisotopic (exact) mass is 272 g/mol.